The molecule has 1 saturated heterocycles. The summed E-state index contributed by atoms with van der Waals surface area (Å²) < 4.78 is 13.0. The van der Waals surface area contributed by atoms with E-state index in [0.717, 1.165) is 54.7 Å². The first-order valence-electron chi connectivity index (χ1n) is 11.8. The summed E-state index contributed by atoms with van der Waals surface area (Å²) in [6.45, 7) is 6.84. The lowest BCUT2D eigenvalue weighted by Gasteiger charge is -2.26. The quantitative estimate of drug-likeness (QED) is 0.453. The largest absolute Gasteiger partial charge is 0.494 e. The summed E-state index contributed by atoms with van der Waals surface area (Å²) in [7, 11) is 1.65. The number of para-hydroxylation sites is 1. The number of benzene rings is 3. The third-order valence-electron chi connectivity index (χ3n) is 6.52. The number of methoxy groups -OCH3 is 1. The fourth-order valence-electron chi connectivity index (χ4n) is 4.58. The van der Waals surface area contributed by atoms with Gasteiger partial charge in [0.15, 0.2) is 5.69 Å². The van der Waals surface area contributed by atoms with Crippen LogP contribution >= 0.6 is 0 Å². The van der Waals surface area contributed by atoms with Crippen LogP contribution in [0.4, 0.5) is 0 Å². The third kappa shape index (κ3) is 4.49. The number of carbonyl (C=O) groups excluding carboxylic acids is 1. The van der Waals surface area contributed by atoms with Crippen LogP contribution in [0.5, 0.6) is 5.75 Å². The molecular formula is C27H30N4O3. The number of rotatable bonds is 7. The molecule has 3 aromatic carbocycles. The van der Waals surface area contributed by atoms with Gasteiger partial charge < -0.3 is 14.8 Å². The molecule has 1 atom stereocenters. The van der Waals surface area contributed by atoms with E-state index in [1.807, 2.05) is 41.9 Å². The van der Waals surface area contributed by atoms with Crippen LogP contribution in [0.25, 0.3) is 21.7 Å². The predicted octanol–water partition coefficient (Wildman–Crippen LogP) is 4.02. The molecule has 0 aliphatic carbocycles. The highest BCUT2D eigenvalue weighted by molar-refractivity contribution is 6.06. The average Bonchev–Trinajstić information content (AvgIpc) is 3.27. The van der Waals surface area contributed by atoms with E-state index in [9.17, 15) is 4.79 Å². The van der Waals surface area contributed by atoms with Crippen LogP contribution in [0.1, 0.15) is 29.0 Å². The highest BCUT2D eigenvalue weighted by Crippen LogP contribution is 2.29. The summed E-state index contributed by atoms with van der Waals surface area (Å²) in [5, 5.41) is 11.0. The van der Waals surface area contributed by atoms with Gasteiger partial charge in [-0.3, -0.25) is 14.4 Å². The highest BCUT2D eigenvalue weighted by atomic mass is 16.5. The number of morpholine rings is 1. The minimum absolute atomic E-state index is 0.156. The normalized spacial score (nSPS) is 15.5. The van der Waals surface area contributed by atoms with Gasteiger partial charge in [0.2, 0.25) is 0 Å². The Labute approximate surface area is 199 Å². The van der Waals surface area contributed by atoms with Crippen LogP contribution in [0.2, 0.25) is 0 Å². The molecule has 0 radical (unpaired) electrons. The molecule has 1 fully saturated rings. The van der Waals surface area contributed by atoms with Crippen molar-refractivity contribution in [1.82, 2.24) is 20.0 Å². The van der Waals surface area contributed by atoms with Gasteiger partial charge in [-0.1, -0.05) is 48.5 Å². The van der Waals surface area contributed by atoms with Crippen LogP contribution in [-0.2, 0) is 11.3 Å². The van der Waals surface area contributed by atoms with E-state index in [1.54, 1.807) is 7.11 Å². The van der Waals surface area contributed by atoms with Crippen molar-refractivity contribution in [3.63, 3.8) is 0 Å². The first-order chi connectivity index (χ1) is 16.6. The molecule has 0 spiro atoms. The van der Waals surface area contributed by atoms with Gasteiger partial charge in [-0.05, 0) is 35.4 Å². The number of nitrogens with one attached hydrogen (secondary N) is 1. The van der Waals surface area contributed by atoms with E-state index in [2.05, 4.69) is 40.5 Å². The molecule has 1 amide bonds. The molecule has 1 aromatic heterocycles. The van der Waals surface area contributed by atoms with E-state index >= 15 is 0 Å². The van der Waals surface area contributed by atoms with Crippen LogP contribution in [0.3, 0.4) is 0 Å². The second kappa shape index (κ2) is 9.83. The van der Waals surface area contributed by atoms with Crippen molar-refractivity contribution in [2.24, 2.45) is 0 Å². The van der Waals surface area contributed by atoms with Crippen LogP contribution < -0.4 is 10.1 Å². The van der Waals surface area contributed by atoms with Crippen molar-refractivity contribution < 1.29 is 14.3 Å². The summed E-state index contributed by atoms with van der Waals surface area (Å²) in [6, 6.07) is 20.1. The molecule has 7 heteroatoms. The topological polar surface area (TPSA) is 68.6 Å². The lowest BCUT2D eigenvalue weighted by atomic mass is 10.0. The number of aromatic nitrogens is 2. The Morgan fingerprint density at radius 3 is 2.65 bits per heavy atom. The standard InChI is InChI=1S/C27H30N4O3/c1-19(21-11-10-20-6-3-4-7-22(20)18-21)28-27(32)25-23-8-5-9-24(33-2)26(23)31(29-25)13-12-30-14-16-34-17-15-30/h3-11,18-19H,12-17H2,1-2H3,(H,28,32)/t19-/m0/s1. The van der Waals surface area contributed by atoms with Crippen molar-refractivity contribution in [3.8, 4) is 5.75 Å². The molecule has 1 aliphatic heterocycles. The van der Waals surface area contributed by atoms with Gasteiger partial charge in [-0.2, -0.15) is 5.10 Å². The minimum Gasteiger partial charge on any atom is -0.494 e. The van der Waals surface area contributed by atoms with E-state index in [0.29, 0.717) is 18.0 Å². The second-order valence-corrected chi connectivity index (χ2v) is 8.68. The van der Waals surface area contributed by atoms with Crippen LogP contribution in [-0.4, -0.2) is 60.5 Å². The van der Waals surface area contributed by atoms with E-state index in [4.69, 9.17) is 14.6 Å². The molecule has 0 unspecified atom stereocenters. The monoisotopic (exact) mass is 458 g/mol. The fraction of sp³-hybridized carbons (Fsp3) is 0.333. The van der Waals surface area contributed by atoms with Crippen molar-refractivity contribution in [2.75, 3.05) is 40.0 Å². The number of ether oxygens (including phenoxy) is 2. The Balaban J connectivity index is 1.40. The molecule has 0 bridgehead atoms. The molecule has 7 nitrogen and oxygen atoms in total. The maximum absolute atomic E-state index is 13.4. The van der Waals surface area contributed by atoms with Crippen molar-refractivity contribution in [1.29, 1.82) is 0 Å². The number of fused-ring (bicyclic) bond motifs is 2. The smallest absolute Gasteiger partial charge is 0.272 e. The summed E-state index contributed by atoms with van der Waals surface area (Å²) in [4.78, 5) is 15.7. The zero-order valence-electron chi connectivity index (χ0n) is 19.7. The Bertz CT molecular complexity index is 1310. The van der Waals surface area contributed by atoms with E-state index < -0.39 is 0 Å². The number of amides is 1. The van der Waals surface area contributed by atoms with Crippen molar-refractivity contribution in [2.45, 2.75) is 19.5 Å². The van der Waals surface area contributed by atoms with Gasteiger partial charge in [-0.25, -0.2) is 0 Å². The summed E-state index contributed by atoms with van der Waals surface area (Å²) >= 11 is 0. The lowest BCUT2D eigenvalue weighted by molar-refractivity contribution is 0.0361. The summed E-state index contributed by atoms with van der Waals surface area (Å²) in [6.07, 6.45) is 0. The minimum atomic E-state index is -0.191. The molecule has 1 aliphatic rings. The number of nitrogens with zero attached hydrogens (tertiary/aromatic N) is 3. The highest BCUT2D eigenvalue weighted by Gasteiger charge is 2.22. The maximum atomic E-state index is 13.4. The SMILES string of the molecule is COc1cccc2c(C(=O)N[C@@H](C)c3ccc4ccccc4c3)nn(CCN3CCOCC3)c12. The van der Waals surface area contributed by atoms with Gasteiger partial charge in [0.1, 0.15) is 11.3 Å². The molecule has 0 saturated carbocycles. The van der Waals surface area contributed by atoms with Gasteiger partial charge in [-0.15, -0.1) is 0 Å². The summed E-state index contributed by atoms with van der Waals surface area (Å²) in [5.74, 6) is 0.526. The average molecular weight is 459 g/mol. The molecule has 1 N–H and O–H groups in total. The Hall–Kier alpha value is -3.42. The molecule has 176 valence electrons. The lowest BCUT2D eigenvalue weighted by Crippen LogP contribution is -2.38. The number of hydrogen-bond donors (Lipinski definition) is 1. The Morgan fingerprint density at radius 1 is 1.06 bits per heavy atom. The van der Waals surface area contributed by atoms with E-state index in [-0.39, 0.29) is 11.9 Å². The van der Waals surface area contributed by atoms with Crippen LogP contribution in [0, 0.1) is 0 Å². The van der Waals surface area contributed by atoms with Crippen molar-refractivity contribution >= 4 is 27.6 Å². The fourth-order valence-corrected chi connectivity index (χ4v) is 4.58. The van der Waals surface area contributed by atoms with E-state index in [1.165, 1.54) is 5.39 Å². The zero-order chi connectivity index (χ0) is 23.5. The number of hydrogen-bond acceptors (Lipinski definition) is 5. The van der Waals surface area contributed by atoms with Crippen LogP contribution in [0.15, 0.2) is 60.7 Å². The third-order valence-corrected chi connectivity index (χ3v) is 6.52. The molecule has 4 aromatic rings. The van der Waals surface area contributed by atoms with Crippen molar-refractivity contribution in [3.05, 3.63) is 71.9 Å². The Kier molecular flexibility index (Phi) is 6.47. The first kappa shape index (κ1) is 22.4. The maximum Gasteiger partial charge on any atom is 0.272 e. The van der Waals surface area contributed by atoms with Gasteiger partial charge in [0.05, 0.1) is 32.9 Å². The zero-order valence-corrected chi connectivity index (χ0v) is 19.7. The van der Waals surface area contributed by atoms with Gasteiger partial charge in [0, 0.05) is 25.0 Å². The first-order valence-corrected chi connectivity index (χ1v) is 11.8. The molecular weight excluding hydrogens is 428 g/mol. The predicted molar refractivity (Wildman–Crippen MR) is 133 cm³/mol. The molecule has 5 rings (SSSR count). The molecule has 34 heavy (non-hydrogen) atoms. The summed E-state index contributed by atoms with van der Waals surface area (Å²) in [5.41, 5.74) is 2.32. The second-order valence-electron chi connectivity index (χ2n) is 8.68. The van der Waals surface area contributed by atoms with Gasteiger partial charge >= 0.3 is 0 Å². The number of carbonyl (C=O) groups is 1. The van der Waals surface area contributed by atoms with Gasteiger partial charge in [0.25, 0.3) is 5.91 Å². The Morgan fingerprint density at radius 2 is 1.85 bits per heavy atom. The molecule has 2 heterocycles.